The van der Waals surface area contributed by atoms with E-state index in [0.29, 0.717) is 67.2 Å². The van der Waals surface area contributed by atoms with Crippen LogP contribution in [0.5, 0.6) is 5.75 Å². The lowest BCUT2D eigenvalue weighted by Gasteiger charge is -2.30. The molecule has 2 aromatic carbocycles. The number of rotatable bonds is 14. The van der Waals surface area contributed by atoms with Crippen molar-refractivity contribution in [3.63, 3.8) is 0 Å². The maximum atomic E-state index is 13.2. The molecule has 0 radical (unpaired) electrons. The van der Waals surface area contributed by atoms with Crippen LogP contribution in [-0.2, 0) is 19.4 Å². The lowest BCUT2D eigenvalue weighted by atomic mass is 10.2. The molecule has 0 atom stereocenters. The van der Waals surface area contributed by atoms with Crippen LogP contribution in [0.1, 0.15) is 13.8 Å². The third-order valence-electron chi connectivity index (χ3n) is 7.49. The highest BCUT2D eigenvalue weighted by Gasteiger charge is 2.25. The van der Waals surface area contributed by atoms with Gasteiger partial charge in [0.1, 0.15) is 5.75 Å². The lowest BCUT2D eigenvalue weighted by Crippen LogP contribution is -2.36. The number of benzene rings is 2. The molecular formula is C32H44N8O5S. The Morgan fingerprint density at radius 1 is 1.09 bits per heavy atom. The number of methoxy groups -OCH3 is 1. The number of aromatic nitrogens is 2. The summed E-state index contributed by atoms with van der Waals surface area (Å²) < 4.78 is 37.7. The molecule has 1 aliphatic rings. The zero-order chi connectivity index (χ0) is 33.4. The first-order chi connectivity index (χ1) is 21.9. The van der Waals surface area contributed by atoms with E-state index in [0.717, 1.165) is 12.2 Å². The number of amides is 1. The Morgan fingerprint density at radius 2 is 1.80 bits per heavy atom. The van der Waals surface area contributed by atoms with E-state index in [1.807, 2.05) is 32.1 Å². The Labute approximate surface area is 271 Å². The monoisotopic (exact) mass is 652 g/mol. The fraction of sp³-hybridized carbons (Fsp3) is 0.406. The largest absolute Gasteiger partial charge is 0.494 e. The van der Waals surface area contributed by atoms with Crippen molar-refractivity contribution in [2.75, 3.05) is 93.4 Å². The van der Waals surface area contributed by atoms with Crippen molar-refractivity contribution < 1.29 is 22.7 Å². The highest BCUT2D eigenvalue weighted by molar-refractivity contribution is 7.92. The molecule has 14 heteroatoms. The predicted octanol–water partition coefficient (Wildman–Crippen LogP) is 4.11. The molecule has 1 amide bonds. The molecule has 13 nitrogen and oxygen atoms in total. The number of hydrogen-bond donors (Lipinski definition) is 3. The molecule has 0 spiro atoms. The fourth-order valence-corrected chi connectivity index (χ4v) is 5.99. The molecule has 0 bridgehead atoms. The van der Waals surface area contributed by atoms with Gasteiger partial charge in [0.2, 0.25) is 11.9 Å². The molecule has 4 rings (SSSR count). The number of anilines is 7. The van der Waals surface area contributed by atoms with Gasteiger partial charge in [0.05, 0.1) is 65.1 Å². The Hall–Kier alpha value is -4.40. The highest BCUT2D eigenvalue weighted by atomic mass is 32.2. The van der Waals surface area contributed by atoms with Gasteiger partial charge in [-0.1, -0.05) is 18.7 Å². The summed E-state index contributed by atoms with van der Waals surface area (Å²) in [6, 6.07) is 10.4. The van der Waals surface area contributed by atoms with Crippen molar-refractivity contribution in [2.45, 2.75) is 24.0 Å². The summed E-state index contributed by atoms with van der Waals surface area (Å²) in [7, 11) is 3.91. The summed E-state index contributed by atoms with van der Waals surface area (Å²) in [4.78, 5) is 28.2. The van der Waals surface area contributed by atoms with Crippen molar-refractivity contribution in [1.82, 2.24) is 14.9 Å². The van der Waals surface area contributed by atoms with E-state index in [-0.39, 0.29) is 16.8 Å². The summed E-state index contributed by atoms with van der Waals surface area (Å²) in [5.74, 6) is 0.805. The van der Waals surface area contributed by atoms with E-state index >= 15 is 0 Å². The SMILES string of the molecule is C=CC(=O)Nc1cc(Nc2ncc(N3CCOCC3)c(Nc3ccccc3S(=O)(=O)C(C)C)n2)c(OC)cc1N(C)CCN(C)C. The van der Waals surface area contributed by atoms with Crippen LogP contribution in [0.2, 0.25) is 0 Å². The summed E-state index contributed by atoms with van der Waals surface area (Å²) >= 11 is 0. The lowest BCUT2D eigenvalue weighted by molar-refractivity contribution is -0.111. The second-order valence-electron chi connectivity index (χ2n) is 11.4. The Morgan fingerprint density at radius 3 is 2.46 bits per heavy atom. The van der Waals surface area contributed by atoms with Gasteiger partial charge in [-0.2, -0.15) is 4.98 Å². The van der Waals surface area contributed by atoms with Crippen LogP contribution in [0.3, 0.4) is 0 Å². The minimum Gasteiger partial charge on any atom is -0.494 e. The molecule has 0 aliphatic carbocycles. The average Bonchev–Trinajstić information content (AvgIpc) is 3.04. The van der Waals surface area contributed by atoms with Crippen LogP contribution in [-0.4, -0.2) is 102 Å². The number of carbonyl (C=O) groups excluding carboxylic acids is 1. The number of likely N-dealkylation sites (N-methyl/N-ethyl adjacent to an activating group) is 2. The van der Waals surface area contributed by atoms with Gasteiger partial charge >= 0.3 is 0 Å². The van der Waals surface area contributed by atoms with Crippen LogP contribution in [0, 0.1) is 0 Å². The number of ether oxygens (including phenoxy) is 2. The fourth-order valence-electron chi connectivity index (χ4n) is 4.79. The maximum Gasteiger partial charge on any atom is 0.247 e. The molecule has 248 valence electrons. The van der Waals surface area contributed by atoms with Gasteiger partial charge < -0.3 is 40.1 Å². The van der Waals surface area contributed by atoms with Gasteiger partial charge in [0.25, 0.3) is 0 Å². The third-order valence-corrected chi connectivity index (χ3v) is 9.70. The summed E-state index contributed by atoms with van der Waals surface area (Å²) in [6.07, 6.45) is 2.91. The number of nitrogens with zero attached hydrogens (tertiary/aromatic N) is 5. The number of carbonyl (C=O) groups is 1. The highest BCUT2D eigenvalue weighted by Crippen LogP contribution is 2.39. The van der Waals surface area contributed by atoms with E-state index in [4.69, 9.17) is 14.5 Å². The van der Waals surface area contributed by atoms with E-state index in [1.165, 1.54) is 6.08 Å². The van der Waals surface area contributed by atoms with E-state index < -0.39 is 15.1 Å². The third kappa shape index (κ3) is 8.24. The van der Waals surface area contributed by atoms with Crippen molar-refractivity contribution in [1.29, 1.82) is 0 Å². The van der Waals surface area contributed by atoms with E-state index in [9.17, 15) is 13.2 Å². The Kier molecular flexibility index (Phi) is 11.4. The first kappa shape index (κ1) is 34.5. The molecule has 1 aromatic heterocycles. The molecule has 0 unspecified atom stereocenters. The Bertz CT molecular complexity index is 1640. The van der Waals surface area contributed by atoms with Crippen molar-refractivity contribution in [3.05, 3.63) is 55.3 Å². The molecule has 46 heavy (non-hydrogen) atoms. The van der Waals surface area contributed by atoms with Crippen molar-refractivity contribution in [2.24, 2.45) is 0 Å². The zero-order valence-corrected chi connectivity index (χ0v) is 28.1. The van der Waals surface area contributed by atoms with Gasteiger partial charge in [-0.15, -0.1) is 0 Å². The Balaban J connectivity index is 1.77. The molecular weight excluding hydrogens is 608 g/mol. The molecule has 1 saturated heterocycles. The molecule has 1 fully saturated rings. The second-order valence-corrected chi connectivity index (χ2v) is 13.8. The van der Waals surface area contributed by atoms with Crippen LogP contribution in [0.15, 0.2) is 60.1 Å². The van der Waals surface area contributed by atoms with Crippen LogP contribution >= 0.6 is 0 Å². The topological polar surface area (TPSA) is 141 Å². The summed E-state index contributed by atoms with van der Waals surface area (Å²) in [5.41, 5.74) is 2.93. The summed E-state index contributed by atoms with van der Waals surface area (Å²) in [6.45, 7) is 10.7. The average molecular weight is 653 g/mol. The quantitative estimate of drug-likeness (QED) is 0.216. The second kappa shape index (κ2) is 15.3. The van der Waals surface area contributed by atoms with Crippen molar-refractivity contribution >= 4 is 55.9 Å². The van der Waals surface area contributed by atoms with Gasteiger partial charge in [-0.3, -0.25) is 4.79 Å². The van der Waals surface area contributed by atoms with Gasteiger partial charge in [-0.25, -0.2) is 13.4 Å². The number of hydrogen-bond acceptors (Lipinski definition) is 12. The number of sulfone groups is 1. The minimum atomic E-state index is -3.59. The van der Waals surface area contributed by atoms with Crippen LogP contribution in [0.4, 0.5) is 40.2 Å². The minimum absolute atomic E-state index is 0.185. The number of para-hydroxylation sites is 1. The summed E-state index contributed by atoms with van der Waals surface area (Å²) in [5, 5.41) is 8.81. The standard InChI is InChI=1S/C32H44N8O5S/c1-8-30(41)34-24-19-25(28(44-7)20-26(24)39(6)14-13-38(4)5)36-32-33-21-27(40-15-17-45-18-16-40)31(37-32)35-23-11-9-10-12-29(23)46(42,43)22(2)3/h8-12,19-22H,1,13-18H2,2-7H3,(H,34,41)(H2,33,35,36,37). The first-order valence-electron chi connectivity index (χ1n) is 15.0. The smallest absolute Gasteiger partial charge is 0.247 e. The van der Waals surface area contributed by atoms with Gasteiger partial charge in [0, 0.05) is 39.3 Å². The van der Waals surface area contributed by atoms with Crippen LogP contribution < -0.4 is 30.5 Å². The predicted molar refractivity (Wildman–Crippen MR) is 184 cm³/mol. The number of morpholine rings is 1. The van der Waals surface area contributed by atoms with Crippen LogP contribution in [0.25, 0.3) is 0 Å². The van der Waals surface area contributed by atoms with Crippen molar-refractivity contribution in [3.8, 4) is 5.75 Å². The first-order valence-corrected chi connectivity index (χ1v) is 16.6. The molecule has 2 heterocycles. The molecule has 0 saturated carbocycles. The van der Waals surface area contributed by atoms with E-state index in [2.05, 4.69) is 37.3 Å². The van der Waals surface area contributed by atoms with Gasteiger partial charge in [-0.05, 0) is 52.2 Å². The molecule has 3 N–H and O–H groups in total. The van der Waals surface area contributed by atoms with Gasteiger partial charge in [0.15, 0.2) is 15.7 Å². The molecule has 3 aromatic rings. The normalized spacial score (nSPS) is 13.4. The number of nitrogens with one attached hydrogen (secondary N) is 3. The molecule has 1 aliphatic heterocycles. The maximum absolute atomic E-state index is 13.2. The zero-order valence-electron chi connectivity index (χ0n) is 27.3. The van der Waals surface area contributed by atoms with E-state index in [1.54, 1.807) is 57.5 Å².